The van der Waals surface area contributed by atoms with Crippen LogP contribution >= 0.6 is 0 Å². The first kappa shape index (κ1) is 8.49. The largest absolute Gasteiger partial charge is 0.731 e. The first-order valence-corrected chi connectivity index (χ1v) is 4.53. The fraction of sp³-hybridized carbons (Fsp3) is 0.250. The van der Waals surface area contributed by atoms with Gasteiger partial charge in [0.1, 0.15) is 0 Å². The van der Waals surface area contributed by atoms with Crippen molar-refractivity contribution in [3.05, 3.63) is 23.3 Å². The zero-order chi connectivity index (χ0) is 9.71. The van der Waals surface area contributed by atoms with Crippen molar-refractivity contribution < 1.29 is 19.4 Å². The Hall–Kier alpha value is -0.810. The molecule has 0 saturated heterocycles. The van der Waals surface area contributed by atoms with Gasteiger partial charge in [-0.1, -0.05) is 12.1 Å². The third kappa shape index (κ3) is 1.05. The van der Waals surface area contributed by atoms with Gasteiger partial charge in [-0.3, -0.25) is 0 Å². The highest BCUT2D eigenvalue weighted by atomic mass is 16.5. The molecule has 2 aliphatic rings. The summed E-state index contributed by atoms with van der Waals surface area (Å²) in [5, 5.41) is 17.1. The molecule has 0 saturated carbocycles. The van der Waals surface area contributed by atoms with Crippen molar-refractivity contribution in [1.29, 1.82) is 0 Å². The van der Waals surface area contributed by atoms with Crippen LogP contribution in [0.15, 0.2) is 12.1 Å². The highest BCUT2D eigenvalue weighted by Crippen LogP contribution is 2.14. The van der Waals surface area contributed by atoms with Crippen LogP contribution in [0.3, 0.4) is 0 Å². The predicted molar refractivity (Wildman–Crippen MR) is 52.6 cm³/mol. The van der Waals surface area contributed by atoms with Crippen LogP contribution in [0, 0.1) is 0 Å². The second kappa shape index (κ2) is 2.84. The molecular formula is C8H9B2O4+. The van der Waals surface area contributed by atoms with Gasteiger partial charge >= 0.3 is 14.2 Å². The standard InChI is InChI=1S/C8H8B2O4/c11-9-7-1-5-3-13-10(12)8(5)2-6(7)4-14-9/h1-2,11-12H,3-4H2/p+1. The summed E-state index contributed by atoms with van der Waals surface area (Å²) in [5.74, 6) is 0. The van der Waals surface area contributed by atoms with Gasteiger partial charge in [-0.15, -0.1) is 0 Å². The molecule has 0 aliphatic carbocycles. The molecule has 0 bridgehead atoms. The average molecular weight is 191 g/mol. The summed E-state index contributed by atoms with van der Waals surface area (Å²) in [5.41, 5.74) is 3.69. The summed E-state index contributed by atoms with van der Waals surface area (Å²) < 4.78 is 10.3. The van der Waals surface area contributed by atoms with E-state index in [2.05, 4.69) is 0 Å². The number of rotatable bonds is 0. The van der Waals surface area contributed by atoms with E-state index in [4.69, 9.17) is 14.3 Å². The summed E-state index contributed by atoms with van der Waals surface area (Å²) in [4.78, 5) is 0. The number of hydrogen-bond donors (Lipinski definition) is 1. The summed E-state index contributed by atoms with van der Waals surface area (Å²) in [6.45, 7) is 0.889. The molecule has 0 fully saturated rings. The molecule has 0 atom stereocenters. The van der Waals surface area contributed by atoms with Crippen LogP contribution < -0.4 is 10.9 Å². The lowest BCUT2D eigenvalue weighted by molar-refractivity contribution is 0.274. The third-order valence-corrected chi connectivity index (χ3v) is 2.75. The number of hydrogen-bond acceptors (Lipinski definition) is 3. The van der Waals surface area contributed by atoms with Gasteiger partial charge in [-0.2, -0.15) is 0 Å². The van der Waals surface area contributed by atoms with Crippen LogP contribution in [0.1, 0.15) is 11.1 Å². The maximum atomic E-state index is 9.47. The van der Waals surface area contributed by atoms with Crippen LogP contribution in [-0.4, -0.2) is 24.3 Å². The Morgan fingerprint density at radius 2 is 1.79 bits per heavy atom. The Kier molecular flexibility index (Phi) is 1.72. The highest BCUT2D eigenvalue weighted by Gasteiger charge is 2.39. The molecule has 1 aromatic rings. The molecule has 3 N–H and O–H groups in total. The Morgan fingerprint density at radius 1 is 1.14 bits per heavy atom. The van der Waals surface area contributed by atoms with Crippen LogP contribution in [0.4, 0.5) is 0 Å². The van der Waals surface area contributed by atoms with E-state index in [0.29, 0.717) is 13.2 Å². The molecule has 2 heterocycles. The minimum absolute atomic E-state index is 0.427. The predicted octanol–water partition coefficient (Wildman–Crippen LogP) is -2.15. The number of benzene rings is 1. The van der Waals surface area contributed by atoms with Gasteiger partial charge in [-0.05, 0) is 16.6 Å². The normalized spacial score (nSPS) is 18.7. The van der Waals surface area contributed by atoms with Crippen LogP contribution in [0.2, 0.25) is 0 Å². The van der Waals surface area contributed by atoms with E-state index >= 15 is 0 Å². The summed E-state index contributed by atoms with van der Waals surface area (Å²) in [6.07, 6.45) is 0. The maximum Gasteiger partial charge on any atom is 0.731 e. The van der Waals surface area contributed by atoms with Crippen molar-refractivity contribution in [3.8, 4) is 0 Å². The first-order chi connectivity index (χ1) is 6.75. The molecule has 4 nitrogen and oxygen atoms in total. The Labute approximate surface area is 81.8 Å². The molecule has 0 aromatic heterocycles. The molecule has 70 valence electrons. The van der Waals surface area contributed by atoms with E-state index in [0.717, 1.165) is 22.1 Å². The maximum absolute atomic E-state index is 9.47. The number of fused-ring (bicyclic) bond motifs is 2. The SMILES string of the molecule is OB1OCc2cc3c(cc21)COB3[OH2+]. The van der Waals surface area contributed by atoms with E-state index in [1.165, 1.54) is 0 Å². The third-order valence-electron chi connectivity index (χ3n) is 2.75. The monoisotopic (exact) mass is 191 g/mol. The first-order valence-electron chi connectivity index (χ1n) is 4.53. The summed E-state index contributed by atoms with van der Waals surface area (Å²) >= 11 is 0. The summed E-state index contributed by atoms with van der Waals surface area (Å²) in [7, 11) is -1.38. The fourth-order valence-electron chi connectivity index (χ4n) is 1.97. The quantitative estimate of drug-likeness (QED) is 0.375. The van der Waals surface area contributed by atoms with Gasteiger partial charge < -0.3 is 19.4 Å². The smallest absolute Gasteiger partial charge is 0.522 e. The average Bonchev–Trinajstić information content (AvgIpc) is 2.71. The molecule has 6 heteroatoms. The van der Waals surface area contributed by atoms with E-state index in [1.807, 2.05) is 12.1 Å². The second-order valence-electron chi connectivity index (χ2n) is 3.60. The van der Waals surface area contributed by atoms with E-state index < -0.39 is 14.2 Å². The van der Waals surface area contributed by atoms with Gasteiger partial charge in [-0.25, -0.2) is 0 Å². The summed E-state index contributed by atoms with van der Waals surface area (Å²) in [6, 6.07) is 3.79. The fourth-order valence-corrected chi connectivity index (χ4v) is 1.97. The van der Waals surface area contributed by atoms with Gasteiger partial charge in [0.25, 0.3) is 0 Å². The van der Waals surface area contributed by atoms with Gasteiger partial charge in [0.15, 0.2) is 0 Å². The molecule has 14 heavy (non-hydrogen) atoms. The molecule has 0 amide bonds. The molecule has 2 aliphatic heterocycles. The Morgan fingerprint density at radius 3 is 2.64 bits per heavy atom. The Balaban J connectivity index is 2.15. The van der Waals surface area contributed by atoms with Crippen LogP contribution in [0.5, 0.6) is 0 Å². The molecule has 1 aromatic carbocycles. The van der Waals surface area contributed by atoms with E-state index in [9.17, 15) is 5.02 Å². The van der Waals surface area contributed by atoms with Crippen molar-refractivity contribution in [2.45, 2.75) is 13.2 Å². The van der Waals surface area contributed by atoms with Crippen molar-refractivity contribution >= 4 is 25.2 Å². The minimum Gasteiger partial charge on any atom is -0.522 e. The lowest BCUT2D eigenvalue weighted by Gasteiger charge is -2.00. The lowest BCUT2D eigenvalue weighted by Crippen LogP contribution is -2.33. The van der Waals surface area contributed by atoms with E-state index in [1.54, 1.807) is 0 Å². The topological polar surface area (TPSA) is 61.6 Å². The molecule has 0 radical (unpaired) electrons. The van der Waals surface area contributed by atoms with E-state index in [-0.39, 0.29) is 0 Å². The van der Waals surface area contributed by atoms with Crippen LogP contribution in [0.25, 0.3) is 0 Å². The lowest BCUT2D eigenvalue weighted by atomic mass is 9.73. The molecule has 0 unspecified atom stereocenters. The zero-order valence-electron chi connectivity index (χ0n) is 7.49. The van der Waals surface area contributed by atoms with Crippen LogP contribution in [-0.2, 0) is 22.5 Å². The van der Waals surface area contributed by atoms with Crippen molar-refractivity contribution in [2.24, 2.45) is 0 Å². The zero-order valence-corrected chi connectivity index (χ0v) is 7.49. The molecule has 3 rings (SSSR count). The highest BCUT2D eigenvalue weighted by molar-refractivity contribution is 6.64. The molecular weight excluding hydrogens is 182 g/mol. The minimum atomic E-state index is -0.805. The van der Waals surface area contributed by atoms with Crippen molar-refractivity contribution in [2.75, 3.05) is 0 Å². The van der Waals surface area contributed by atoms with Gasteiger partial charge in [0, 0.05) is 0 Å². The van der Waals surface area contributed by atoms with Gasteiger partial charge in [0.2, 0.25) is 0 Å². The molecule has 0 spiro atoms. The second-order valence-corrected chi connectivity index (χ2v) is 3.60. The van der Waals surface area contributed by atoms with Gasteiger partial charge in [0.05, 0.1) is 18.7 Å². The van der Waals surface area contributed by atoms with Crippen molar-refractivity contribution in [3.63, 3.8) is 0 Å². The van der Waals surface area contributed by atoms with Crippen molar-refractivity contribution in [1.82, 2.24) is 0 Å². The Bertz CT molecular complexity index is 357.